The van der Waals surface area contributed by atoms with Gasteiger partial charge in [0.1, 0.15) is 0 Å². The molecule has 2 aromatic rings. The predicted octanol–water partition coefficient (Wildman–Crippen LogP) is 1.78. The van der Waals surface area contributed by atoms with E-state index < -0.39 is 0 Å². The van der Waals surface area contributed by atoms with Crippen LogP contribution in [0.4, 0.5) is 0 Å². The van der Waals surface area contributed by atoms with Crippen LogP contribution in [0.3, 0.4) is 0 Å². The molecule has 2 N–H and O–H groups in total. The largest absolute Gasteiger partial charge is 0.330 e. The molecule has 0 fully saturated rings. The van der Waals surface area contributed by atoms with Crippen LogP contribution in [0.1, 0.15) is 18.2 Å². The normalized spacial score (nSPS) is 13.3. The van der Waals surface area contributed by atoms with Gasteiger partial charge in [0.2, 0.25) is 0 Å². The number of imidazole rings is 1. The molecule has 0 spiro atoms. The van der Waals surface area contributed by atoms with E-state index >= 15 is 0 Å². The van der Waals surface area contributed by atoms with Crippen LogP contribution in [0.15, 0.2) is 24.7 Å². The number of rotatable bonds is 3. The zero-order chi connectivity index (χ0) is 10.8. The molecule has 0 aliphatic carbocycles. The molecule has 0 saturated carbocycles. The maximum absolute atomic E-state index is 5.62. The molecular formula is C12H17N3. The van der Waals surface area contributed by atoms with Crippen LogP contribution < -0.4 is 5.73 Å². The summed E-state index contributed by atoms with van der Waals surface area (Å²) < 4.78 is 2.08. The van der Waals surface area contributed by atoms with Gasteiger partial charge in [-0.05, 0) is 37.4 Å². The third kappa shape index (κ3) is 2.02. The Hall–Kier alpha value is -1.35. The molecule has 80 valence electrons. The number of pyridine rings is 1. The molecule has 1 atom stereocenters. The van der Waals surface area contributed by atoms with Gasteiger partial charge >= 0.3 is 0 Å². The average molecular weight is 203 g/mol. The molecule has 2 rings (SSSR count). The maximum Gasteiger partial charge on any atom is 0.0995 e. The lowest BCUT2D eigenvalue weighted by molar-refractivity contribution is 0.588. The first kappa shape index (κ1) is 10.2. The van der Waals surface area contributed by atoms with E-state index in [1.54, 1.807) is 0 Å². The van der Waals surface area contributed by atoms with Crippen LogP contribution in [0.25, 0.3) is 5.52 Å². The predicted molar refractivity (Wildman–Crippen MR) is 61.9 cm³/mol. The van der Waals surface area contributed by atoms with E-state index in [-0.39, 0.29) is 0 Å². The zero-order valence-electron chi connectivity index (χ0n) is 9.27. The van der Waals surface area contributed by atoms with Crippen LogP contribution in [0, 0.1) is 12.8 Å². The Kier molecular flexibility index (Phi) is 2.73. The molecule has 0 saturated heterocycles. The average Bonchev–Trinajstić information content (AvgIpc) is 2.60. The highest BCUT2D eigenvalue weighted by Crippen LogP contribution is 2.14. The first-order chi connectivity index (χ1) is 7.20. The summed E-state index contributed by atoms with van der Waals surface area (Å²) in [6.45, 7) is 4.95. The molecule has 0 aliphatic heterocycles. The number of fused-ring (bicyclic) bond motifs is 1. The van der Waals surface area contributed by atoms with Gasteiger partial charge < -0.3 is 10.1 Å². The van der Waals surface area contributed by atoms with Crippen molar-refractivity contribution < 1.29 is 0 Å². The fourth-order valence-corrected chi connectivity index (χ4v) is 1.74. The SMILES string of the molecule is Cc1ccc2c(CC(C)CN)ncn2c1. The number of hydrogen-bond donors (Lipinski definition) is 1. The van der Waals surface area contributed by atoms with E-state index in [9.17, 15) is 0 Å². The van der Waals surface area contributed by atoms with Crippen molar-refractivity contribution >= 4 is 5.52 Å². The molecule has 3 heteroatoms. The fraction of sp³-hybridized carbons (Fsp3) is 0.417. The quantitative estimate of drug-likeness (QED) is 0.826. The Morgan fingerprint density at radius 2 is 2.27 bits per heavy atom. The number of nitrogens with zero attached hydrogens (tertiary/aromatic N) is 2. The highest BCUT2D eigenvalue weighted by Gasteiger charge is 2.07. The number of nitrogens with two attached hydrogens (primary N) is 1. The molecular weight excluding hydrogens is 186 g/mol. The Labute approximate surface area is 89.9 Å². The van der Waals surface area contributed by atoms with Crippen molar-refractivity contribution in [2.75, 3.05) is 6.54 Å². The summed E-state index contributed by atoms with van der Waals surface area (Å²) in [6.07, 6.45) is 4.93. The Morgan fingerprint density at radius 1 is 1.47 bits per heavy atom. The lowest BCUT2D eigenvalue weighted by Crippen LogP contribution is -2.13. The monoisotopic (exact) mass is 203 g/mol. The van der Waals surface area contributed by atoms with Crippen LogP contribution >= 0.6 is 0 Å². The molecule has 0 amide bonds. The van der Waals surface area contributed by atoms with Crippen LogP contribution in [-0.2, 0) is 6.42 Å². The van der Waals surface area contributed by atoms with Gasteiger partial charge in [0.25, 0.3) is 0 Å². The Balaban J connectivity index is 2.36. The number of hydrogen-bond acceptors (Lipinski definition) is 2. The van der Waals surface area contributed by atoms with Crippen LogP contribution in [-0.4, -0.2) is 15.9 Å². The van der Waals surface area contributed by atoms with Crippen molar-refractivity contribution in [1.82, 2.24) is 9.38 Å². The zero-order valence-corrected chi connectivity index (χ0v) is 9.27. The topological polar surface area (TPSA) is 43.3 Å². The lowest BCUT2D eigenvalue weighted by Gasteiger charge is -2.05. The summed E-state index contributed by atoms with van der Waals surface area (Å²) in [5.41, 5.74) is 9.21. The highest BCUT2D eigenvalue weighted by molar-refractivity contribution is 5.52. The Bertz CT molecular complexity index is 459. The summed E-state index contributed by atoms with van der Waals surface area (Å²) in [4.78, 5) is 4.43. The smallest absolute Gasteiger partial charge is 0.0995 e. The minimum absolute atomic E-state index is 0.491. The summed E-state index contributed by atoms with van der Waals surface area (Å²) in [7, 11) is 0. The van der Waals surface area contributed by atoms with Gasteiger partial charge in [-0.2, -0.15) is 0 Å². The van der Waals surface area contributed by atoms with Crippen molar-refractivity contribution in [3.63, 3.8) is 0 Å². The van der Waals surface area contributed by atoms with Gasteiger partial charge in [-0.25, -0.2) is 4.98 Å². The molecule has 2 heterocycles. The summed E-state index contributed by atoms with van der Waals surface area (Å²) >= 11 is 0. The van der Waals surface area contributed by atoms with E-state index in [4.69, 9.17) is 5.73 Å². The second-order valence-electron chi connectivity index (χ2n) is 4.24. The van der Waals surface area contributed by atoms with Gasteiger partial charge in [-0.3, -0.25) is 0 Å². The first-order valence-corrected chi connectivity index (χ1v) is 5.33. The molecule has 1 unspecified atom stereocenters. The van der Waals surface area contributed by atoms with Gasteiger partial charge in [0.05, 0.1) is 17.5 Å². The number of aryl methyl sites for hydroxylation is 1. The highest BCUT2D eigenvalue weighted by atomic mass is 15.0. The van der Waals surface area contributed by atoms with Crippen molar-refractivity contribution in [3.8, 4) is 0 Å². The van der Waals surface area contributed by atoms with Crippen LogP contribution in [0.2, 0.25) is 0 Å². The summed E-state index contributed by atoms with van der Waals surface area (Å²) in [5, 5.41) is 0. The molecule has 0 radical (unpaired) electrons. The van der Waals surface area contributed by atoms with Crippen molar-refractivity contribution in [3.05, 3.63) is 35.9 Å². The second-order valence-corrected chi connectivity index (χ2v) is 4.24. The Morgan fingerprint density at radius 3 is 3.00 bits per heavy atom. The number of aromatic nitrogens is 2. The van der Waals surface area contributed by atoms with Gasteiger partial charge in [0.15, 0.2) is 0 Å². The molecule has 0 aliphatic rings. The lowest BCUT2D eigenvalue weighted by atomic mass is 10.1. The van der Waals surface area contributed by atoms with Gasteiger partial charge in [-0.15, -0.1) is 0 Å². The minimum atomic E-state index is 0.491. The van der Waals surface area contributed by atoms with E-state index in [0.717, 1.165) is 12.1 Å². The van der Waals surface area contributed by atoms with Gasteiger partial charge in [0, 0.05) is 6.20 Å². The molecule has 3 nitrogen and oxygen atoms in total. The summed E-state index contributed by atoms with van der Waals surface area (Å²) in [5.74, 6) is 0.491. The minimum Gasteiger partial charge on any atom is -0.330 e. The molecule has 0 bridgehead atoms. The van der Waals surface area contributed by atoms with Crippen molar-refractivity contribution in [2.24, 2.45) is 11.7 Å². The maximum atomic E-state index is 5.62. The first-order valence-electron chi connectivity index (χ1n) is 5.33. The van der Waals surface area contributed by atoms with E-state index in [2.05, 4.69) is 41.6 Å². The van der Waals surface area contributed by atoms with E-state index in [0.29, 0.717) is 12.5 Å². The third-order valence-corrected chi connectivity index (χ3v) is 2.70. The molecule has 0 aromatic carbocycles. The molecule has 2 aromatic heterocycles. The van der Waals surface area contributed by atoms with Crippen molar-refractivity contribution in [1.29, 1.82) is 0 Å². The van der Waals surface area contributed by atoms with Crippen molar-refractivity contribution in [2.45, 2.75) is 20.3 Å². The fourth-order valence-electron chi connectivity index (χ4n) is 1.74. The van der Waals surface area contributed by atoms with E-state index in [1.165, 1.54) is 11.1 Å². The van der Waals surface area contributed by atoms with Gasteiger partial charge in [-0.1, -0.05) is 13.0 Å². The van der Waals surface area contributed by atoms with E-state index in [1.807, 2.05) is 6.33 Å². The third-order valence-electron chi connectivity index (χ3n) is 2.70. The second kappa shape index (κ2) is 4.03. The van der Waals surface area contributed by atoms with Crippen LogP contribution in [0.5, 0.6) is 0 Å². The molecule has 15 heavy (non-hydrogen) atoms. The summed E-state index contributed by atoms with van der Waals surface area (Å²) in [6, 6.07) is 4.24. The standard InChI is InChI=1S/C12H17N3/c1-9-3-4-12-11(5-10(2)6-13)14-8-15(12)7-9/h3-4,7-8,10H,5-6,13H2,1-2H3.